The summed E-state index contributed by atoms with van der Waals surface area (Å²) in [6, 6.07) is 5.62. The average Bonchev–Trinajstić information content (AvgIpc) is 3.06. The van der Waals surface area contributed by atoms with E-state index in [1.54, 1.807) is 6.07 Å². The molecule has 1 aromatic carbocycles. The van der Waals surface area contributed by atoms with Gasteiger partial charge in [0.05, 0.1) is 10.0 Å². The highest BCUT2D eigenvalue weighted by molar-refractivity contribution is 6.42. The van der Waals surface area contributed by atoms with Crippen molar-refractivity contribution in [2.75, 3.05) is 0 Å². The summed E-state index contributed by atoms with van der Waals surface area (Å²) in [7, 11) is 0. The van der Waals surface area contributed by atoms with E-state index in [1.807, 2.05) is 12.1 Å². The van der Waals surface area contributed by atoms with Gasteiger partial charge in [-0.3, -0.25) is 5.10 Å². The van der Waals surface area contributed by atoms with Gasteiger partial charge in [0, 0.05) is 12.3 Å². The molecule has 0 saturated heterocycles. The fourth-order valence-electron chi connectivity index (χ4n) is 1.76. The standard InChI is InChI=1S/C12H11Cl2N3/c13-9-4-1-7(5-10(9)14)6-11-15-12(17-16-11)8-2-3-8/h1,4-5,8H,2-3,6H2,(H,15,16,17). The van der Waals surface area contributed by atoms with Crippen molar-refractivity contribution in [3.05, 3.63) is 45.5 Å². The molecule has 3 rings (SSSR count). The maximum Gasteiger partial charge on any atom is 0.153 e. The van der Waals surface area contributed by atoms with Gasteiger partial charge in [-0.2, -0.15) is 5.10 Å². The van der Waals surface area contributed by atoms with Gasteiger partial charge in [0.15, 0.2) is 5.82 Å². The molecule has 1 aliphatic carbocycles. The van der Waals surface area contributed by atoms with E-state index in [2.05, 4.69) is 15.2 Å². The van der Waals surface area contributed by atoms with Crippen molar-refractivity contribution in [1.82, 2.24) is 15.2 Å². The average molecular weight is 268 g/mol. The molecule has 0 atom stereocenters. The van der Waals surface area contributed by atoms with Gasteiger partial charge in [-0.05, 0) is 30.5 Å². The minimum atomic E-state index is 0.575. The van der Waals surface area contributed by atoms with Crippen LogP contribution in [0.4, 0.5) is 0 Å². The van der Waals surface area contributed by atoms with Gasteiger partial charge in [-0.15, -0.1) is 0 Å². The maximum atomic E-state index is 5.97. The molecular weight excluding hydrogens is 257 g/mol. The fraction of sp³-hybridized carbons (Fsp3) is 0.333. The van der Waals surface area contributed by atoms with E-state index in [0.717, 1.165) is 17.2 Å². The molecule has 3 nitrogen and oxygen atoms in total. The monoisotopic (exact) mass is 267 g/mol. The molecule has 0 spiro atoms. The quantitative estimate of drug-likeness (QED) is 0.924. The second-order valence-corrected chi connectivity index (χ2v) is 5.15. The van der Waals surface area contributed by atoms with E-state index in [4.69, 9.17) is 23.2 Å². The van der Waals surface area contributed by atoms with E-state index in [-0.39, 0.29) is 0 Å². The molecule has 0 amide bonds. The molecule has 1 heterocycles. The lowest BCUT2D eigenvalue weighted by atomic mass is 10.1. The SMILES string of the molecule is Clc1ccc(Cc2nc(C3CC3)n[nH]2)cc1Cl. The van der Waals surface area contributed by atoms with Gasteiger partial charge < -0.3 is 0 Å². The Morgan fingerprint density at radius 3 is 2.76 bits per heavy atom. The predicted molar refractivity (Wildman–Crippen MR) is 67.6 cm³/mol. The molecule has 5 heteroatoms. The summed E-state index contributed by atoms with van der Waals surface area (Å²) < 4.78 is 0. The number of hydrogen-bond donors (Lipinski definition) is 1. The van der Waals surface area contributed by atoms with E-state index < -0.39 is 0 Å². The van der Waals surface area contributed by atoms with Crippen LogP contribution in [0.5, 0.6) is 0 Å². The van der Waals surface area contributed by atoms with Crippen LogP contribution in [-0.4, -0.2) is 15.2 Å². The van der Waals surface area contributed by atoms with Crippen LogP contribution in [0.25, 0.3) is 0 Å². The van der Waals surface area contributed by atoms with E-state index >= 15 is 0 Å². The Bertz CT molecular complexity index is 546. The van der Waals surface area contributed by atoms with Gasteiger partial charge in [-0.25, -0.2) is 4.98 Å². The molecule has 0 radical (unpaired) electrons. The van der Waals surface area contributed by atoms with E-state index in [1.165, 1.54) is 12.8 Å². The molecule has 1 saturated carbocycles. The number of nitrogens with zero attached hydrogens (tertiary/aromatic N) is 2. The van der Waals surface area contributed by atoms with Gasteiger partial charge in [0.25, 0.3) is 0 Å². The normalized spacial score (nSPS) is 15.2. The zero-order valence-electron chi connectivity index (χ0n) is 9.08. The van der Waals surface area contributed by atoms with Crippen LogP contribution < -0.4 is 0 Å². The zero-order valence-corrected chi connectivity index (χ0v) is 10.6. The van der Waals surface area contributed by atoms with Crippen LogP contribution >= 0.6 is 23.2 Å². The summed E-state index contributed by atoms with van der Waals surface area (Å²) in [6.07, 6.45) is 3.13. The Kier molecular flexibility index (Phi) is 2.81. The molecule has 1 N–H and O–H groups in total. The molecule has 1 aliphatic rings. The summed E-state index contributed by atoms with van der Waals surface area (Å²) >= 11 is 11.8. The number of nitrogens with one attached hydrogen (secondary N) is 1. The number of halogens is 2. The van der Waals surface area contributed by atoms with Gasteiger partial charge in [-0.1, -0.05) is 29.3 Å². The topological polar surface area (TPSA) is 41.6 Å². The van der Waals surface area contributed by atoms with Crippen molar-refractivity contribution < 1.29 is 0 Å². The highest BCUT2D eigenvalue weighted by Gasteiger charge is 2.27. The third kappa shape index (κ3) is 2.45. The van der Waals surface area contributed by atoms with Crippen LogP contribution in [0.2, 0.25) is 10.0 Å². The third-order valence-corrected chi connectivity index (χ3v) is 3.59. The molecule has 88 valence electrons. The summed E-state index contributed by atoms with van der Waals surface area (Å²) in [5, 5.41) is 8.34. The number of H-pyrrole nitrogens is 1. The second kappa shape index (κ2) is 4.31. The summed E-state index contributed by atoms with van der Waals surface area (Å²) in [5.41, 5.74) is 1.08. The molecule has 1 fully saturated rings. The number of benzene rings is 1. The molecule has 0 unspecified atom stereocenters. The molecule has 0 aliphatic heterocycles. The molecule has 17 heavy (non-hydrogen) atoms. The van der Waals surface area contributed by atoms with Crippen molar-refractivity contribution >= 4 is 23.2 Å². The first-order valence-electron chi connectivity index (χ1n) is 5.57. The Morgan fingerprint density at radius 2 is 2.06 bits per heavy atom. The van der Waals surface area contributed by atoms with Gasteiger partial charge in [0.1, 0.15) is 5.82 Å². The van der Waals surface area contributed by atoms with Crippen LogP contribution in [0.1, 0.15) is 36.0 Å². The lowest BCUT2D eigenvalue weighted by molar-refractivity contribution is 0.932. The number of rotatable bonds is 3. The second-order valence-electron chi connectivity index (χ2n) is 4.34. The Balaban J connectivity index is 1.78. The molecule has 1 aromatic heterocycles. The summed E-state index contributed by atoms with van der Waals surface area (Å²) in [6.45, 7) is 0. The van der Waals surface area contributed by atoms with Crippen molar-refractivity contribution in [2.24, 2.45) is 0 Å². The molecule has 2 aromatic rings. The Morgan fingerprint density at radius 1 is 1.24 bits per heavy atom. The third-order valence-electron chi connectivity index (χ3n) is 2.85. The predicted octanol–water partition coefficient (Wildman–Crippen LogP) is 3.58. The van der Waals surface area contributed by atoms with Gasteiger partial charge >= 0.3 is 0 Å². The molecular formula is C12H11Cl2N3. The minimum Gasteiger partial charge on any atom is -0.263 e. The number of hydrogen-bond acceptors (Lipinski definition) is 2. The van der Waals surface area contributed by atoms with E-state index in [9.17, 15) is 0 Å². The largest absolute Gasteiger partial charge is 0.263 e. The van der Waals surface area contributed by atoms with Crippen LogP contribution in [0.15, 0.2) is 18.2 Å². The lowest BCUT2D eigenvalue weighted by Gasteiger charge is -2.00. The first-order chi connectivity index (χ1) is 8.22. The Labute approximate surface area is 109 Å². The van der Waals surface area contributed by atoms with Gasteiger partial charge in [0.2, 0.25) is 0 Å². The van der Waals surface area contributed by atoms with Crippen molar-refractivity contribution in [3.8, 4) is 0 Å². The van der Waals surface area contributed by atoms with Crippen LogP contribution in [0.3, 0.4) is 0 Å². The number of aromatic amines is 1. The van der Waals surface area contributed by atoms with Crippen molar-refractivity contribution in [2.45, 2.75) is 25.2 Å². The zero-order chi connectivity index (χ0) is 11.8. The smallest absolute Gasteiger partial charge is 0.153 e. The highest BCUT2D eigenvalue weighted by atomic mass is 35.5. The van der Waals surface area contributed by atoms with Crippen molar-refractivity contribution in [3.63, 3.8) is 0 Å². The van der Waals surface area contributed by atoms with Crippen LogP contribution in [0, 0.1) is 0 Å². The maximum absolute atomic E-state index is 5.97. The first kappa shape index (κ1) is 11.1. The molecule has 0 bridgehead atoms. The van der Waals surface area contributed by atoms with Crippen LogP contribution in [-0.2, 0) is 6.42 Å². The van der Waals surface area contributed by atoms with E-state index in [0.29, 0.717) is 22.4 Å². The summed E-state index contributed by atoms with van der Waals surface area (Å²) in [5.74, 6) is 2.40. The first-order valence-corrected chi connectivity index (χ1v) is 6.33. The minimum absolute atomic E-state index is 0.575. The lowest BCUT2D eigenvalue weighted by Crippen LogP contribution is -1.91. The van der Waals surface area contributed by atoms with Crippen molar-refractivity contribution in [1.29, 1.82) is 0 Å². The number of aromatic nitrogens is 3. The summed E-state index contributed by atoms with van der Waals surface area (Å²) in [4.78, 5) is 4.48. The highest BCUT2D eigenvalue weighted by Crippen LogP contribution is 2.37. The fourth-order valence-corrected chi connectivity index (χ4v) is 2.08. The Hall–Kier alpha value is -1.06.